The quantitative estimate of drug-likeness (QED) is 0.886. The van der Waals surface area contributed by atoms with E-state index in [9.17, 15) is 5.11 Å². The molecule has 0 unspecified atom stereocenters. The molecule has 1 fully saturated rings. The molecule has 3 nitrogen and oxygen atoms in total. The average Bonchev–Trinajstić information content (AvgIpc) is 2.40. The van der Waals surface area contributed by atoms with Gasteiger partial charge in [0, 0.05) is 19.6 Å². The van der Waals surface area contributed by atoms with Crippen molar-refractivity contribution < 1.29 is 9.84 Å². The highest BCUT2D eigenvalue weighted by molar-refractivity contribution is 5.27. The summed E-state index contributed by atoms with van der Waals surface area (Å²) in [6.07, 6.45) is 1.70. The molecule has 1 N–H and O–H groups in total. The lowest BCUT2D eigenvalue weighted by atomic mass is 10.1. The van der Waals surface area contributed by atoms with Crippen molar-refractivity contribution >= 4 is 0 Å². The van der Waals surface area contributed by atoms with E-state index in [1.807, 2.05) is 0 Å². The van der Waals surface area contributed by atoms with Crippen LogP contribution in [0.4, 0.5) is 0 Å². The van der Waals surface area contributed by atoms with Crippen molar-refractivity contribution in [3.8, 4) is 5.75 Å². The first-order valence-electron chi connectivity index (χ1n) is 7.25. The second-order valence-electron chi connectivity index (χ2n) is 5.86. The van der Waals surface area contributed by atoms with E-state index in [0.717, 1.165) is 44.8 Å². The van der Waals surface area contributed by atoms with Crippen molar-refractivity contribution in [3.63, 3.8) is 0 Å². The molecule has 0 spiro atoms. The van der Waals surface area contributed by atoms with Gasteiger partial charge in [-0.1, -0.05) is 26.0 Å². The molecule has 2 rings (SSSR count). The van der Waals surface area contributed by atoms with E-state index >= 15 is 0 Å². The van der Waals surface area contributed by atoms with Gasteiger partial charge in [-0.05, 0) is 36.5 Å². The van der Waals surface area contributed by atoms with Gasteiger partial charge in [0.15, 0.2) is 0 Å². The predicted octanol–water partition coefficient (Wildman–Crippen LogP) is 2.68. The van der Waals surface area contributed by atoms with Crippen LogP contribution in [0.1, 0.15) is 32.3 Å². The Morgan fingerprint density at radius 3 is 2.42 bits per heavy atom. The molecule has 0 aliphatic carbocycles. The maximum Gasteiger partial charge on any atom is 0.119 e. The van der Waals surface area contributed by atoms with Crippen LogP contribution in [0.3, 0.4) is 0 Å². The van der Waals surface area contributed by atoms with Gasteiger partial charge in [0.2, 0.25) is 0 Å². The van der Waals surface area contributed by atoms with Crippen molar-refractivity contribution in [2.45, 2.75) is 39.3 Å². The molecule has 1 saturated heterocycles. The molecule has 1 aromatic carbocycles. The summed E-state index contributed by atoms with van der Waals surface area (Å²) in [5.41, 5.74) is 1.31. The number of hydrogen-bond acceptors (Lipinski definition) is 3. The molecule has 1 aliphatic heterocycles. The van der Waals surface area contributed by atoms with Gasteiger partial charge in [-0.25, -0.2) is 0 Å². The minimum Gasteiger partial charge on any atom is -0.493 e. The van der Waals surface area contributed by atoms with E-state index in [1.54, 1.807) is 0 Å². The first kappa shape index (κ1) is 14.4. The number of piperidine rings is 1. The van der Waals surface area contributed by atoms with Gasteiger partial charge in [-0.3, -0.25) is 4.90 Å². The molecule has 3 heteroatoms. The fourth-order valence-electron chi connectivity index (χ4n) is 2.29. The van der Waals surface area contributed by atoms with Gasteiger partial charge < -0.3 is 9.84 Å². The number of ether oxygens (including phenoxy) is 1. The minimum absolute atomic E-state index is 0.0944. The van der Waals surface area contributed by atoms with Crippen LogP contribution in [0.25, 0.3) is 0 Å². The van der Waals surface area contributed by atoms with E-state index in [4.69, 9.17) is 4.74 Å². The zero-order valence-corrected chi connectivity index (χ0v) is 12.0. The summed E-state index contributed by atoms with van der Waals surface area (Å²) >= 11 is 0. The number of likely N-dealkylation sites (tertiary alicyclic amines) is 1. The predicted molar refractivity (Wildman–Crippen MR) is 77.3 cm³/mol. The number of nitrogens with zero attached hydrogens (tertiary/aromatic N) is 1. The summed E-state index contributed by atoms with van der Waals surface area (Å²) in [5, 5.41) is 9.49. The highest BCUT2D eigenvalue weighted by atomic mass is 16.5. The molecule has 19 heavy (non-hydrogen) atoms. The van der Waals surface area contributed by atoms with E-state index in [-0.39, 0.29) is 6.10 Å². The smallest absolute Gasteiger partial charge is 0.119 e. The molecular formula is C16H25NO2. The first-order valence-corrected chi connectivity index (χ1v) is 7.25. The molecular weight excluding hydrogens is 238 g/mol. The van der Waals surface area contributed by atoms with Gasteiger partial charge in [-0.2, -0.15) is 0 Å². The molecule has 106 valence electrons. The summed E-state index contributed by atoms with van der Waals surface area (Å²) in [6, 6.07) is 8.38. The summed E-state index contributed by atoms with van der Waals surface area (Å²) in [6.45, 7) is 8.03. The maximum absolute atomic E-state index is 9.49. The van der Waals surface area contributed by atoms with Crippen LogP contribution in [-0.2, 0) is 6.54 Å². The van der Waals surface area contributed by atoms with E-state index in [1.165, 1.54) is 5.56 Å². The number of benzene rings is 1. The summed E-state index contributed by atoms with van der Waals surface area (Å²) < 4.78 is 5.68. The molecule has 0 amide bonds. The molecule has 0 atom stereocenters. The molecule has 0 aromatic heterocycles. The third-order valence-electron chi connectivity index (χ3n) is 3.47. The van der Waals surface area contributed by atoms with Gasteiger partial charge in [-0.15, -0.1) is 0 Å². The lowest BCUT2D eigenvalue weighted by Gasteiger charge is -2.29. The maximum atomic E-state index is 9.49. The van der Waals surface area contributed by atoms with E-state index < -0.39 is 0 Å². The van der Waals surface area contributed by atoms with Crippen molar-refractivity contribution in [2.24, 2.45) is 5.92 Å². The summed E-state index contributed by atoms with van der Waals surface area (Å²) in [5.74, 6) is 1.51. The SMILES string of the molecule is CC(C)COc1ccc(CN2CCC(O)CC2)cc1. The van der Waals surface area contributed by atoms with Crippen LogP contribution < -0.4 is 4.74 Å². The second kappa shape index (κ2) is 6.92. The molecule has 1 aliphatic rings. The standard InChI is InChI=1S/C16H25NO2/c1-13(2)12-19-16-5-3-14(4-6-16)11-17-9-7-15(18)8-10-17/h3-6,13,15,18H,7-12H2,1-2H3. The third kappa shape index (κ3) is 4.84. The van der Waals surface area contributed by atoms with Crippen molar-refractivity contribution in [1.29, 1.82) is 0 Å². The molecule has 0 saturated carbocycles. The Labute approximate surface area is 116 Å². The fourth-order valence-corrected chi connectivity index (χ4v) is 2.29. The minimum atomic E-state index is -0.0944. The van der Waals surface area contributed by atoms with Crippen molar-refractivity contribution in [2.75, 3.05) is 19.7 Å². The normalized spacial score (nSPS) is 17.9. The van der Waals surface area contributed by atoms with Crippen LogP contribution >= 0.6 is 0 Å². The number of hydrogen-bond donors (Lipinski definition) is 1. The molecule has 0 bridgehead atoms. The van der Waals surface area contributed by atoms with Crippen molar-refractivity contribution in [1.82, 2.24) is 4.90 Å². The Balaban J connectivity index is 1.81. The summed E-state index contributed by atoms with van der Waals surface area (Å²) in [4.78, 5) is 2.40. The van der Waals surface area contributed by atoms with Gasteiger partial charge in [0.1, 0.15) is 5.75 Å². The van der Waals surface area contributed by atoms with Gasteiger partial charge in [0.05, 0.1) is 12.7 Å². The number of aliphatic hydroxyl groups excluding tert-OH is 1. The molecule has 1 heterocycles. The Kier molecular flexibility index (Phi) is 5.23. The highest BCUT2D eigenvalue weighted by Crippen LogP contribution is 2.17. The topological polar surface area (TPSA) is 32.7 Å². The molecule has 0 radical (unpaired) electrons. The van der Waals surface area contributed by atoms with Crippen LogP contribution in [0.15, 0.2) is 24.3 Å². The summed E-state index contributed by atoms with van der Waals surface area (Å²) in [7, 11) is 0. The Hall–Kier alpha value is -1.06. The van der Waals surface area contributed by atoms with Crippen LogP contribution in [0.2, 0.25) is 0 Å². The Bertz CT molecular complexity index is 367. The zero-order chi connectivity index (χ0) is 13.7. The van der Waals surface area contributed by atoms with Crippen LogP contribution in [0.5, 0.6) is 5.75 Å². The zero-order valence-electron chi connectivity index (χ0n) is 12.0. The first-order chi connectivity index (χ1) is 9.13. The molecule has 1 aromatic rings. The van der Waals surface area contributed by atoms with Crippen molar-refractivity contribution in [3.05, 3.63) is 29.8 Å². The highest BCUT2D eigenvalue weighted by Gasteiger charge is 2.16. The average molecular weight is 263 g/mol. The second-order valence-corrected chi connectivity index (χ2v) is 5.86. The number of rotatable bonds is 5. The third-order valence-corrected chi connectivity index (χ3v) is 3.47. The van der Waals surface area contributed by atoms with Crippen LogP contribution in [-0.4, -0.2) is 35.8 Å². The van der Waals surface area contributed by atoms with Gasteiger partial charge >= 0.3 is 0 Å². The number of aliphatic hydroxyl groups is 1. The monoisotopic (exact) mass is 263 g/mol. The Morgan fingerprint density at radius 1 is 1.21 bits per heavy atom. The lowest BCUT2D eigenvalue weighted by Crippen LogP contribution is -2.35. The van der Waals surface area contributed by atoms with E-state index in [2.05, 4.69) is 43.0 Å². The van der Waals surface area contributed by atoms with E-state index in [0.29, 0.717) is 5.92 Å². The fraction of sp³-hybridized carbons (Fsp3) is 0.625. The lowest BCUT2D eigenvalue weighted by molar-refractivity contribution is 0.0792. The Morgan fingerprint density at radius 2 is 1.84 bits per heavy atom. The van der Waals surface area contributed by atoms with Gasteiger partial charge in [0.25, 0.3) is 0 Å². The van der Waals surface area contributed by atoms with Crippen LogP contribution in [0, 0.1) is 5.92 Å². The largest absolute Gasteiger partial charge is 0.493 e.